The molecule has 0 radical (unpaired) electrons. The third kappa shape index (κ3) is 6.84. The van der Waals surface area contributed by atoms with Crippen LogP contribution in [-0.4, -0.2) is 48.2 Å². The minimum absolute atomic E-state index is 0.794. The monoisotopic (exact) mass is 384 g/mol. The summed E-state index contributed by atoms with van der Waals surface area (Å²) in [4.78, 5) is 15.5. The molecule has 0 aromatic carbocycles. The SMILES string of the molecule is CC.CNCc1cc(N2CCNCC2)nc(C)n1.c1cnc2c(c1)CCCC2. The molecular weight excluding hydrogens is 348 g/mol. The maximum atomic E-state index is 4.50. The van der Waals surface area contributed by atoms with Gasteiger partial charge in [0, 0.05) is 50.7 Å². The van der Waals surface area contributed by atoms with E-state index >= 15 is 0 Å². The molecule has 0 atom stereocenters. The lowest BCUT2D eigenvalue weighted by Gasteiger charge is -2.28. The van der Waals surface area contributed by atoms with Gasteiger partial charge >= 0.3 is 0 Å². The van der Waals surface area contributed by atoms with Crippen molar-refractivity contribution in [2.24, 2.45) is 0 Å². The summed E-state index contributed by atoms with van der Waals surface area (Å²) in [6.07, 6.45) is 6.99. The van der Waals surface area contributed by atoms with Crippen LogP contribution in [-0.2, 0) is 19.4 Å². The summed E-state index contributed by atoms with van der Waals surface area (Å²) in [6, 6.07) is 6.31. The van der Waals surface area contributed by atoms with Gasteiger partial charge in [-0.25, -0.2) is 9.97 Å². The predicted molar refractivity (Wildman–Crippen MR) is 117 cm³/mol. The number of aromatic nitrogens is 3. The molecule has 0 amide bonds. The normalized spacial score (nSPS) is 15.5. The summed E-state index contributed by atoms with van der Waals surface area (Å²) in [7, 11) is 1.93. The third-order valence-corrected chi connectivity index (χ3v) is 4.77. The Morgan fingerprint density at radius 1 is 1.11 bits per heavy atom. The van der Waals surface area contributed by atoms with Gasteiger partial charge < -0.3 is 15.5 Å². The van der Waals surface area contributed by atoms with Crippen molar-refractivity contribution in [3.05, 3.63) is 47.2 Å². The molecule has 2 aromatic heterocycles. The summed E-state index contributed by atoms with van der Waals surface area (Å²) in [5.41, 5.74) is 3.85. The highest BCUT2D eigenvalue weighted by Crippen LogP contribution is 2.17. The van der Waals surface area contributed by atoms with Gasteiger partial charge in [0.25, 0.3) is 0 Å². The zero-order valence-electron chi connectivity index (χ0n) is 18.0. The molecule has 0 spiro atoms. The molecule has 1 aliphatic heterocycles. The van der Waals surface area contributed by atoms with Crippen molar-refractivity contribution in [3.63, 3.8) is 0 Å². The van der Waals surface area contributed by atoms with Gasteiger partial charge in [0.1, 0.15) is 11.6 Å². The second-order valence-corrected chi connectivity index (χ2v) is 6.85. The zero-order valence-corrected chi connectivity index (χ0v) is 18.0. The van der Waals surface area contributed by atoms with Gasteiger partial charge in [0.05, 0.1) is 5.69 Å². The Labute approximate surface area is 170 Å². The second kappa shape index (κ2) is 12.4. The molecule has 0 saturated carbocycles. The standard InChI is InChI=1S/C11H19N5.C9H11N.C2H6/c1-9-14-10(8-12-2)7-11(15-9)16-5-3-13-4-6-16;1-2-6-9-8(4-1)5-3-7-10-9;1-2/h7,12-13H,3-6,8H2,1-2H3;3,5,7H,1-2,4,6H2;1-2H3. The van der Waals surface area contributed by atoms with Crippen molar-refractivity contribution < 1.29 is 0 Å². The highest BCUT2D eigenvalue weighted by Gasteiger charge is 2.13. The van der Waals surface area contributed by atoms with Crippen LogP contribution in [0.1, 0.15) is 49.5 Å². The Hall–Kier alpha value is -2.05. The van der Waals surface area contributed by atoms with Crippen molar-refractivity contribution in [1.82, 2.24) is 25.6 Å². The van der Waals surface area contributed by atoms with E-state index in [-0.39, 0.29) is 0 Å². The smallest absolute Gasteiger partial charge is 0.132 e. The van der Waals surface area contributed by atoms with Crippen molar-refractivity contribution in [3.8, 4) is 0 Å². The van der Waals surface area contributed by atoms with Gasteiger partial charge in [0.2, 0.25) is 0 Å². The number of hydrogen-bond acceptors (Lipinski definition) is 6. The lowest BCUT2D eigenvalue weighted by molar-refractivity contribution is 0.583. The lowest BCUT2D eigenvalue weighted by Crippen LogP contribution is -2.44. The molecule has 154 valence electrons. The van der Waals surface area contributed by atoms with E-state index in [1.54, 1.807) is 0 Å². The number of rotatable bonds is 3. The van der Waals surface area contributed by atoms with Crippen LogP contribution in [0.2, 0.25) is 0 Å². The van der Waals surface area contributed by atoms with Gasteiger partial charge in [-0.2, -0.15) is 0 Å². The predicted octanol–water partition coefficient (Wildman–Crippen LogP) is 2.90. The van der Waals surface area contributed by atoms with Gasteiger partial charge in [-0.15, -0.1) is 0 Å². The highest BCUT2D eigenvalue weighted by molar-refractivity contribution is 5.40. The number of aryl methyl sites for hydroxylation is 3. The minimum Gasteiger partial charge on any atom is -0.354 e. The van der Waals surface area contributed by atoms with Crippen LogP contribution in [0.25, 0.3) is 0 Å². The molecule has 3 heterocycles. The molecule has 0 unspecified atom stereocenters. The first-order valence-corrected chi connectivity index (χ1v) is 10.6. The van der Waals surface area contributed by atoms with E-state index in [1.165, 1.54) is 36.9 Å². The van der Waals surface area contributed by atoms with Crippen LogP contribution in [0.4, 0.5) is 5.82 Å². The maximum absolute atomic E-state index is 4.50. The van der Waals surface area contributed by atoms with Crippen molar-refractivity contribution in [2.45, 2.75) is 53.0 Å². The van der Waals surface area contributed by atoms with Crippen LogP contribution in [0.15, 0.2) is 24.4 Å². The highest BCUT2D eigenvalue weighted by atomic mass is 15.2. The Balaban J connectivity index is 0.000000200. The summed E-state index contributed by atoms with van der Waals surface area (Å²) in [6.45, 7) is 10.9. The van der Waals surface area contributed by atoms with E-state index in [1.807, 2.05) is 40.1 Å². The van der Waals surface area contributed by atoms with E-state index in [4.69, 9.17) is 0 Å². The summed E-state index contributed by atoms with van der Waals surface area (Å²) in [5, 5.41) is 6.46. The van der Waals surface area contributed by atoms with Crippen LogP contribution in [0.3, 0.4) is 0 Å². The molecule has 1 aliphatic carbocycles. The van der Waals surface area contributed by atoms with Gasteiger partial charge in [-0.05, 0) is 51.3 Å². The Bertz CT molecular complexity index is 672. The molecule has 2 aromatic rings. The van der Waals surface area contributed by atoms with Crippen molar-refractivity contribution in [2.75, 3.05) is 38.1 Å². The quantitative estimate of drug-likeness (QED) is 0.848. The largest absolute Gasteiger partial charge is 0.354 e. The third-order valence-electron chi connectivity index (χ3n) is 4.77. The number of pyridine rings is 1. The first-order valence-electron chi connectivity index (χ1n) is 10.6. The van der Waals surface area contributed by atoms with Crippen LogP contribution in [0.5, 0.6) is 0 Å². The van der Waals surface area contributed by atoms with Gasteiger partial charge in [0.15, 0.2) is 0 Å². The molecule has 28 heavy (non-hydrogen) atoms. The number of piperazine rings is 1. The fourth-order valence-electron chi connectivity index (χ4n) is 3.47. The Morgan fingerprint density at radius 3 is 2.57 bits per heavy atom. The summed E-state index contributed by atoms with van der Waals surface area (Å²) in [5.74, 6) is 1.90. The van der Waals surface area contributed by atoms with Gasteiger partial charge in [-0.3, -0.25) is 4.98 Å². The van der Waals surface area contributed by atoms with Crippen molar-refractivity contribution in [1.29, 1.82) is 0 Å². The van der Waals surface area contributed by atoms with Gasteiger partial charge in [-0.1, -0.05) is 19.9 Å². The van der Waals surface area contributed by atoms with Crippen LogP contribution in [0, 0.1) is 6.92 Å². The number of hydrogen-bond donors (Lipinski definition) is 2. The first-order chi connectivity index (χ1) is 13.8. The van der Waals surface area contributed by atoms with Crippen LogP contribution >= 0.6 is 0 Å². The molecule has 0 bridgehead atoms. The number of nitrogens with zero attached hydrogens (tertiary/aromatic N) is 4. The average molecular weight is 385 g/mol. The first kappa shape index (κ1) is 22.2. The molecular formula is C22H36N6. The summed E-state index contributed by atoms with van der Waals surface area (Å²) >= 11 is 0. The van der Waals surface area contributed by atoms with E-state index < -0.39 is 0 Å². The summed E-state index contributed by atoms with van der Waals surface area (Å²) < 4.78 is 0. The van der Waals surface area contributed by atoms with E-state index in [9.17, 15) is 0 Å². The van der Waals surface area contributed by atoms with Crippen molar-refractivity contribution >= 4 is 5.82 Å². The van der Waals surface area contributed by atoms with Crippen LogP contribution < -0.4 is 15.5 Å². The fraction of sp³-hybridized carbons (Fsp3) is 0.591. The van der Waals surface area contributed by atoms with E-state index in [2.05, 4.69) is 42.6 Å². The molecule has 2 aliphatic rings. The Morgan fingerprint density at radius 2 is 1.86 bits per heavy atom. The Kier molecular flexibility index (Phi) is 9.86. The minimum atomic E-state index is 0.794. The maximum Gasteiger partial charge on any atom is 0.132 e. The fourth-order valence-corrected chi connectivity index (χ4v) is 3.47. The second-order valence-electron chi connectivity index (χ2n) is 6.85. The van der Waals surface area contributed by atoms with E-state index in [0.717, 1.165) is 50.1 Å². The van der Waals surface area contributed by atoms with E-state index in [0.29, 0.717) is 0 Å². The number of fused-ring (bicyclic) bond motifs is 1. The molecule has 4 rings (SSSR count). The molecule has 6 heteroatoms. The number of nitrogens with one attached hydrogen (secondary N) is 2. The molecule has 1 saturated heterocycles. The number of anilines is 1. The molecule has 1 fully saturated rings. The average Bonchev–Trinajstić information content (AvgIpc) is 2.76. The zero-order chi connectivity index (χ0) is 20.2. The molecule has 6 nitrogen and oxygen atoms in total. The topological polar surface area (TPSA) is 66.0 Å². The molecule has 2 N–H and O–H groups in total. The lowest BCUT2D eigenvalue weighted by atomic mass is 9.96.